The van der Waals surface area contributed by atoms with Crippen molar-refractivity contribution in [3.63, 3.8) is 0 Å². The maximum absolute atomic E-state index is 13.4. The summed E-state index contributed by atoms with van der Waals surface area (Å²) in [6, 6.07) is 22.2. The number of hydrogen-bond acceptors (Lipinski definition) is 4. The van der Waals surface area contributed by atoms with Crippen LogP contribution in [-0.4, -0.2) is 23.8 Å². The van der Waals surface area contributed by atoms with Gasteiger partial charge in [-0.2, -0.15) is 0 Å². The Morgan fingerprint density at radius 3 is 2.31 bits per heavy atom. The van der Waals surface area contributed by atoms with Gasteiger partial charge in [0.25, 0.3) is 0 Å². The second-order valence-electron chi connectivity index (χ2n) is 5.92. The van der Waals surface area contributed by atoms with Crippen LogP contribution in [0.4, 0.5) is 0 Å². The van der Waals surface area contributed by atoms with E-state index in [0.717, 1.165) is 10.8 Å². The minimum absolute atomic E-state index is 0.120. The number of pyridine rings is 1. The normalized spacial score (nSPS) is 10.8. The molecule has 0 aliphatic heterocycles. The minimum atomic E-state index is -0.567. The Balaban J connectivity index is 1.98. The van der Waals surface area contributed by atoms with Gasteiger partial charge >= 0.3 is 5.97 Å². The lowest BCUT2D eigenvalue weighted by atomic mass is 9.95. The van der Waals surface area contributed by atoms with Crippen molar-refractivity contribution in [1.82, 2.24) is 4.98 Å². The number of para-hydroxylation sites is 1. The molecule has 0 unspecified atom stereocenters. The van der Waals surface area contributed by atoms with Crippen molar-refractivity contribution in [2.45, 2.75) is 0 Å². The van der Waals surface area contributed by atoms with Crippen LogP contribution in [0.1, 0.15) is 26.4 Å². The third-order valence-electron chi connectivity index (χ3n) is 4.39. The molecule has 0 bridgehead atoms. The summed E-state index contributed by atoms with van der Waals surface area (Å²) in [6.07, 6.45) is 0. The monoisotopic (exact) mass is 341 g/mol. The second kappa shape index (κ2) is 6.41. The van der Waals surface area contributed by atoms with Gasteiger partial charge in [0.15, 0.2) is 5.78 Å². The predicted molar refractivity (Wildman–Crippen MR) is 100 cm³/mol. The quantitative estimate of drug-likeness (QED) is 0.409. The first-order valence-corrected chi connectivity index (χ1v) is 8.19. The number of benzene rings is 3. The average molecular weight is 341 g/mol. The molecule has 0 saturated carbocycles. The van der Waals surface area contributed by atoms with E-state index in [1.165, 1.54) is 13.2 Å². The molecule has 0 saturated heterocycles. The van der Waals surface area contributed by atoms with E-state index in [0.29, 0.717) is 22.0 Å². The largest absolute Gasteiger partial charge is 0.464 e. The zero-order valence-electron chi connectivity index (χ0n) is 14.1. The summed E-state index contributed by atoms with van der Waals surface area (Å²) in [4.78, 5) is 29.7. The van der Waals surface area contributed by atoms with Crippen molar-refractivity contribution in [3.05, 3.63) is 89.6 Å². The first kappa shape index (κ1) is 16.0. The molecule has 1 aromatic heterocycles. The van der Waals surface area contributed by atoms with Gasteiger partial charge in [0.2, 0.25) is 0 Å². The number of methoxy groups -OCH3 is 1. The smallest absolute Gasteiger partial charge is 0.356 e. The van der Waals surface area contributed by atoms with Crippen LogP contribution >= 0.6 is 0 Å². The standard InChI is InChI=1S/C22H15NO3/c1-26-22(25)20-13-18(16-10-4-5-12-19(16)23-20)21(24)17-11-6-8-14-7-2-3-9-15(14)17/h2-13H,1H3. The summed E-state index contributed by atoms with van der Waals surface area (Å²) in [5.41, 5.74) is 1.73. The number of fused-ring (bicyclic) bond motifs is 2. The highest BCUT2D eigenvalue weighted by molar-refractivity contribution is 6.21. The van der Waals surface area contributed by atoms with Crippen LogP contribution in [0.5, 0.6) is 0 Å². The highest BCUT2D eigenvalue weighted by Gasteiger charge is 2.19. The molecule has 0 atom stereocenters. The lowest BCUT2D eigenvalue weighted by Crippen LogP contribution is -2.09. The molecule has 3 aromatic carbocycles. The van der Waals surface area contributed by atoms with Gasteiger partial charge in [-0.05, 0) is 22.9 Å². The molecule has 0 radical (unpaired) electrons. The molecule has 1 heterocycles. The van der Waals surface area contributed by atoms with E-state index < -0.39 is 5.97 Å². The van der Waals surface area contributed by atoms with Gasteiger partial charge in [0, 0.05) is 16.5 Å². The number of carbonyl (C=O) groups is 2. The third kappa shape index (κ3) is 2.62. The Morgan fingerprint density at radius 2 is 1.50 bits per heavy atom. The Kier molecular flexibility index (Phi) is 3.93. The summed E-state index contributed by atoms with van der Waals surface area (Å²) >= 11 is 0. The molecule has 126 valence electrons. The van der Waals surface area contributed by atoms with Crippen LogP contribution in [0.3, 0.4) is 0 Å². The highest BCUT2D eigenvalue weighted by atomic mass is 16.5. The van der Waals surface area contributed by atoms with Gasteiger partial charge in [-0.15, -0.1) is 0 Å². The van der Waals surface area contributed by atoms with E-state index in [1.54, 1.807) is 12.1 Å². The van der Waals surface area contributed by atoms with Crippen molar-refractivity contribution in [2.75, 3.05) is 7.11 Å². The third-order valence-corrected chi connectivity index (χ3v) is 4.39. The summed E-state index contributed by atoms with van der Waals surface area (Å²) in [6.45, 7) is 0. The predicted octanol–water partition coefficient (Wildman–Crippen LogP) is 4.41. The fourth-order valence-electron chi connectivity index (χ4n) is 3.14. The van der Waals surface area contributed by atoms with E-state index in [-0.39, 0.29) is 11.5 Å². The maximum Gasteiger partial charge on any atom is 0.356 e. The Morgan fingerprint density at radius 1 is 0.808 bits per heavy atom. The number of ketones is 1. The van der Waals surface area contributed by atoms with Gasteiger partial charge < -0.3 is 4.74 Å². The van der Waals surface area contributed by atoms with E-state index in [1.807, 2.05) is 54.6 Å². The van der Waals surface area contributed by atoms with Crippen LogP contribution in [0.2, 0.25) is 0 Å². The number of carbonyl (C=O) groups excluding carboxylic acids is 2. The highest BCUT2D eigenvalue weighted by Crippen LogP contribution is 2.26. The molecule has 4 aromatic rings. The minimum Gasteiger partial charge on any atom is -0.464 e. The molecule has 0 N–H and O–H groups in total. The average Bonchev–Trinajstić information content (AvgIpc) is 2.71. The van der Waals surface area contributed by atoms with Crippen LogP contribution in [0.15, 0.2) is 72.8 Å². The summed E-state index contributed by atoms with van der Waals surface area (Å²) in [7, 11) is 1.30. The zero-order valence-corrected chi connectivity index (χ0v) is 14.1. The summed E-state index contributed by atoms with van der Waals surface area (Å²) in [5, 5.41) is 2.57. The van der Waals surface area contributed by atoms with Gasteiger partial charge in [-0.25, -0.2) is 9.78 Å². The molecule has 0 aliphatic rings. The number of aromatic nitrogens is 1. The van der Waals surface area contributed by atoms with Gasteiger partial charge in [-0.1, -0.05) is 60.7 Å². The molecule has 0 aliphatic carbocycles. The molecule has 4 heteroatoms. The van der Waals surface area contributed by atoms with E-state index >= 15 is 0 Å². The maximum atomic E-state index is 13.4. The SMILES string of the molecule is COC(=O)c1cc(C(=O)c2cccc3ccccc23)c2ccccc2n1. The molecule has 0 spiro atoms. The van der Waals surface area contributed by atoms with Crippen molar-refractivity contribution >= 4 is 33.4 Å². The number of hydrogen-bond donors (Lipinski definition) is 0. The molecular weight excluding hydrogens is 326 g/mol. The van der Waals surface area contributed by atoms with Crippen LogP contribution in [-0.2, 0) is 4.74 Å². The topological polar surface area (TPSA) is 56.3 Å². The van der Waals surface area contributed by atoms with Crippen molar-refractivity contribution in [1.29, 1.82) is 0 Å². The lowest BCUT2D eigenvalue weighted by Gasteiger charge is -2.10. The molecule has 26 heavy (non-hydrogen) atoms. The molecule has 0 amide bonds. The number of esters is 1. The molecule has 4 rings (SSSR count). The summed E-state index contributed by atoms with van der Waals surface area (Å²) < 4.78 is 4.78. The molecule has 0 fully saturated rings. The van der Waals surface area contributed by atoms with Gasteiger partial charge in [-0.3, -0.25) is 4.79 Å². The fraction of sp³-hybridized carbons (Fsp3) is 0.0455. The number of ether oxygens (including phenoxy) is 1. The van der Waals surface area contributed by atoms with Crippen LogP contribution in [0, 0.1) is 0 Å². The zero-order chi connectivity index (χ0) is 18.1. The first-order valence-electron chi connectivity index (χ1n) is 8.19. The van der Waals surface area contributed by atoms with Crippen LogP contribution in [0.25, 0.3) is 21.7 Å². The van der Waals surface area contributed by atoms with E-state index in [2.05, 4.69) is 4.98 Å². The van der Waals surface area contributed by atoms with E-state index in [4.69, 9.17) is 4.74 Å². The number of rotatable bonds is 3. The van der Waals surface area contributed by atoms with Gasteiger partial charge in [0.1, 0.15) is 5.69 Å². The van der Waals surface area contributed by atoms with Crippen molar-refractivity contribution in [3.8, 4) is 0 Å². The van der Waals surface area contributed by atoms with Crippen molar-refractivity contribution in [2.24, 2.45) is 0 Å². The second-order valence-corrected chi connectivity index (χ2v) is 5.92. The summed E-state index contributed by atoms with van der Waals surface area (Å²) in [5.74, 6) is -0.715. The van der Waals surface area contributed by atoms with E-state index in [9.17, 15) is 9.59 Å². The fourth-order valence-corrected chi connectivity index (χ4v) is 3.14. The molecular formula is C22H15NO3. The Labute approximate surface area is 150 Å². The lowest BCUT2D eigenvalue weighted by molar-refractivity contribution is 0.0594. The number of nitrogens with zero attached hydrogens (tertiary/aromatic N) is 1. The first-order chi connectivity index (χ1) is 12.7. The molecule has 4 nitrogen and oxygen atoms in total. The van der Waals surface area contributed by atoms with Crippen molar-refractivity contribution < 1.29 is 14.3 Å². The van der Waals surface area contributed by atoms with Crippen LogP contribution < -0.4 is 0 Å². The van der Waals surface area contributed by atoms with Gasteiger partial charge in [0.05, 0.1) is 12.6 Å². The Hall–Kier alpha value is -3.53. The Bertz CT molecular complexity index is 1160.